The van der Waals surface area contributed by atoms with Crippen LogP contribution >= 0.6 is 33.0 Å². The zero-order valence-electron chi connectivity index (χ0n) is 21.8. The standard InChI is InChI=1S/C33H40P4/c1-5-16-30(17-6-1)34-24-13-26-36(32-20-9-3-10-21-32)28-15-29-37(33-22-11-4-12-23-33)27-14-25-35-31-18-7-2-8-19-31/h1-12,16-23,34-35H,13-15,24-29H2. The van der Waals surface area contributed by atoms with Crippen LogP contribution in [0.1, 0.15) is 19.3 Å². The molecule has 0 aliphatic rings. The molecular formula is C33H40P4. The van der Waals surface area contributed by atoms with Gasteiger partial charge in [-0.3, -0.25) is 0 Å². The van der Waals surface area contributed by atoms with Crippen LogP contribution in [0.2, 0.25) is 0 Å². The highest BCUT2D eigenvalue weighted by Crippen LogP contribution is 2.41. The summed E-state index contributed by atoms with van der Waals surface area (Å²) in [5.74, 6) is 0. The molecular weight excluding hydrogens is 520 g/mol. The summed E-state index contributed by atoms with van der Waals surface area (Å²) in [6.07, 6.45) is 12.2. The van der Waals surface area contributed by atoms with Gasteiger partial charge >= 0.3 is 0 Å². The van der Waals surface area contributed by atoms with E-state index in [4.69, 9.17) is 0 Å². The molecule has 4 heteroatoms. The normalized spacial score (nSPS) is 13.4. The number of hydrogen-bond acceptors (Lipinski definition) is 0. The molecule has 4 unspecified atom stereocenters. The Hall–Kier alpha value is -1.40. The lowest BCUT2D eigenvalue weighted by molar-refractivity contribution is 1.05. The Morgan fingerprint density at radius 1 is 0.378 bits per heavy atom. The van der Waals surface area contributed by atoms with Gasteiger partial charge in [-0.2, -0.15) is 0 Å². The highest BCUT2D eigenvalue weighted by molar-refractivity contribution is 7.66. The predicted molar refractivity (Wildman–Crippen MR) is 178 cm³/mol. The fraction of sp³-hybridized carbons (Fsp3) is 0.273. The monoisotopic (exact) mass is 560 g/mol. The van der Waals surface area contributed by atoms with Gasteiger partial charge < -0.3 is 0 Å². The van der Waals surface area contributed by atoms with Gasteiger partial charge in [-0.15, -0.1) is 0 Å². The van der Waals surface area contributed by atoms with Gasteiger partial charge in [0.25, 0.3) is 0 Å². The molecule has 0 aliphatic heterocycles. The van der Waals surface area contributed by atoms with Gasteiger partial charge in [-0.05, 0) is 77.5 Å². The van der Waals surface area contributed by atoms with E-state index in [0.717, 1.165) is 17.2 Å². The van der Waals surface area contributed by atoms with Crippen molar-refractivity contribution in [3.8, 4) is 0 Å². The minimum absolute atomic E-state index is 0.0659. The molecule has 4 atom stereocenters. The molecule has 0 spiro atoms. The summed E-state index contributed by atoms with van der Waals surface area (Å²) >= 11 is 0. The van der Waals surface area contributed by atoms with E-state index in [1.165, 1.54) is 66.8 Å². The van der Waals surface area contributed by atoms with Gasteiger partial charge in [0.15, 0.2) is 0 Å². The average Bonchev–Trinajstić information content (AvgIpc) is 2.97. The van der Waals surface area contributed by atoms with E-state index >= 15 is 0 Å². The first kappa shape index (κ1) is 28.6. The van der Waals surface area contributed by atoms with Gasteiger partial charge in [0.1, 0.15) is 0 Å². The SMILES string of the molecule is c1ccc(PCCCP(CCCP(CCCPc2ccccc2)c2ccccc2)c2ccccc2)cc1. The van der Waals surface area contributed by atoms with Gasteiger partial charge in [-0.25, -0.2) is 0 Å². The number of hydrogen-bond donors (Lipinski definition) is 0. The first-order chi connectivity index (χ1) is 18.4. The highest BCUT2D eigenvalue weighted by Gasteiger charge is 2.14. The molecule has 4 rings (SSSR count). The lowest BCUT2D eigenvalue weighted by Crippen LogP contribution is -2.11. The maximum atomic E-state index is 2.38. The third-order valence-electron chi connectivity index (χ3n) is 6.51. The molecule has 0 nitrogen and oxygen atoms in total. The molecule has 0 heterocycles. The van der Waals surface area contributed by atoms with Gasteiger partial charge in [0.2, 0.25) is 0 Å². The van der Waals surface area contributed by atoms with Crippen LogP contribution in [0.15, 0.2) is 121 Å². The Morgan fingerprint density at radius 3 is 1.08 bits per heavy atom. The molecule has 0 saturated carbocycles. The van der Waals surface area contributed by atoms with Crippen molar-refractivity contribution in [2.45, 2.75) is 19.3 Å². The average molecular weight is 561 g/mol. The molecule has 4 aromatic rings. The Balaban J connectivity index is 1.28. The quantitative estimate of drug-likeness (QED) is 0.0970. The van der Waals surface area contributed by atoms with Crippen molar-refractivity contribution in [3.63, 3.8) is 0 Å². The highest BCUT2D eigenvalue weighted by atomic mass is 31.1. The van der Waals surface area contributed by atoms with Gasteiger partial charge in [0.05, 0.1) is 0 Å². The molecule has 0 saturated heterocycles. The van der Waals surface area contributed by atoms with Crippen LogP contribution in [0.5, 0.6) is 0 Å². The van der Waals surface area contributed by atoms with Crippen molar-refractivity contribution in [1.29, 1.82) is 0 Å². The zero-order valence-corrected chi connectivity index (χ0v) is 25.6. The van der Waals surface area contributed by atoms with Crippen LogP contribution in [0.3, 0.4) is 0 Å². The van der Waals surface area contributed by atoms with E-state index in [1.54, 1.807) is 10.6 Å². The lowest BCUT2D eigenvalue weighted by Gasteiger charge is -2.22. The van der Waals surface area contributed by atoms with Crippen LogP contribution in [-0.2, 0) is 0 Å². The second-order valence-electron chi connectivity index (χ2n) is 9.29. The van der Waals surface area contributed by atoms with E-state index < -0.39 is 0 Å². The third-order valence-corrected chi connectivity index (χ3v) is 14.7. The van der Waals surface area contributed by atoms with E-state index in [2.05, 4.69) is 121 Å². The maximum Gasteiger partial charge on any atom is -0.0240 e. The molecule has 192 valence electrons. The van der Waals surface area contributed by atoms with Crippen molar-refractivity contribution >= 4 is 54.2 Å². The molecule has 0 N–H and O–H groups in total. The molecule has 0 fully saturated rings. The number of rotatable bonds is 16. The maximum absolute atomic E-state index is 2.38. The summed E-state index contributed by atoms with van der Waals surface area (Å²) in [4.78, 5) is 0. The Kier molecular flexibility index (Phi) is 13.3. The van der Waals surface area contributed by atoms with Crippen LogP contribution in [0.25, 0.3) is 0 Å². The van der Waals surface area contributed by atoms with Crippen molar-refractivity contribution in [3.05, 3.63) is 121 Å². The minimum atomic E-state index is -0.0659. The van der Waals surface area contributed by atoms with E-state index in [0.29, 0.717) is 0 Å². The van der Waals surface area contributed by atoms with Crippen LogP contribution in [-0.4, -0.2) is 37.0 Å². The van der Waals surface area contributed by atoms with Crippen molar-refractivity contribution in [2.24, 2.45) is 0 Å². The van der Waals surface area contributed by atoms with Crippen molar-refractivity contribution in [1.82, 2.24) is 0 Å². The van der Waals surface area contributed by atoms with Crippen molar-refractivity contribution < 1.29 is 0 Å². The second kappa shape index (κ2) is 17.2. The Bertz CT molecular complexity index is 1010. The Morgan fingerprint density at radius 2 is 0.703 bits per heavy atom. The smallest absolute Gasteiger partial charge is 0.0240 e. The van der Waals surface area contributed by atoms with Crippen LogP contribution in [0.4, 0.5) is 0 Å². The molecule has 0 radical (unpaired) electrons. The minimum Gasteiger partial charge on any atom is -0.0904 e. The van der Waals surface area contributed by atoms with Gasteiger partial charge in [0, 0.05) is 0 Å². The lowest BCUT2D eigenvalue weighted by atomic mass is 10.4. The summed E-state index contributed by atoms with van der Waals surface area (Å²) < 4.78 is 0. The first-order valence-corrected chi connectivity index (χ1v) is 19.4. The summed E-state index contributed by atoms with van der Waals surface area (Å²) in [5, 5.41) is 6.23. The Labute approximate surface area is 231 Å². The summed E-state index contributed by atoms with van der Waals surface area (Å²) in [5.41, 5.74) is 0. The molecule has 37 heavy (non-hydrogen) atoms. The largest absolute Gasteiger partial charge is 0.0904 e. The molecule has 4 aromatic carbocycles. The van der Waals surface area contributed by atoms with Crippen molar-refractivity contribution in [2.75, 3.05) is 37.0 Å². The fourth-order valence-corrected chi connectivity index (χ4v) is 12.4. The molecule has 0 amide bonds. The summed E-state index contributed by atoms with van der Waals surface area (Å²) in [6.45, 7) is 0. The first-order valence-electron chi connectivity index (χ1n) is 13.6. The van der Waals surface area contributed by atoms with E-state index in [-0.39, 0.29) is 15.8 Å². The topological polar surface area (TPSA) is 0 Å². The van der Waals surface area contributed by atoms with Crippen LogP contribution in [0, 0.1) is 0 Å². The zero-order chi connectivity index (χ0) is 25.4. The molecule has 0 bridgehead atoms. The number of benzene rings is 4. The van der Waals surface area contributed by atoms with E-state index in [1.807, 2.05) is 0 Å². The van der Waals surface area contributed by atoms with E-state index in [9.17, 15) is 0 Å². The summed E-state index contributed by atoms with van der Waals surface area (Å²) in [7, 11) is 1.76. The fourth-order valence-electron chi connectivity index (χ4n) is 4.59. The molecule has 0 aliphatic carbocycles. The second-order valence-corrected chi connectivity index (χ2v) is 17.1. The predicted octanol–water partition coefficient (Wildman–Crippen LogP) is 7.78. The summed E-state index contributed by atoms with van der Waals surface area (Å²) in [6, 6.07) is 44.9. The van der Waals surface area contributed by atoms with Gasteiger partial charge in [-0.1, -0.05) is 154 Å². The third kappa shape index (κ3) is 10.7. The van der Waals surface area contributed by atoms with Crippen LogP contribution < -0.4 is 21.2 Å². The molecule has 0 aromatic heterocycles.